The average Bonchev–Trinajstić information content (AvgIpc) is 2.94. The Balaban J connectivity index is 2.20. The number of nitrogens with one attached hydrogen (secondary N) is 1. The molecule has 3 nitrogen and oxygen atoms in total. The summed E-state index contributed by atoms with van der Waals surface area (Å²) >= 11 is 1.67. The van der Waals surface area contributed by atoms with Crippen LogP contribution in [0.4, 0.5) is 10.2 Å². The minimum absolute atomic E-state index is 0.287. The molecule has 0 aliphatic heterocycles. The van der Waals surface area contributed by atoms with Crippen LogP contribution in [0.5, 0.6) is 0 Å². The lowest BCUT2D eigenvalue weighted by Gasteiger charge is -2.07. The van der Waals surface area contributed by atoms with E-state index in [9.17, 15) is 4.39 Å². The molecule has 1 N–H and O–H groups in total. The van der Waals surface area contributed by atoms with Crippen molar-refractivity contribution in [3.63, 3.8) is 0 Å². The molecule has 0 saturated carbocycles. The van der Waals surface area contributed by atoms with E-state index in [-0.39, 0.29) is 5.82 Å². The number of thiophene rings is 1. The van der Waals surface area contributed by atoms with Gasteiger partial charge in [0.2, 0.25) is 0 Å². The van der Waals surface area contributed by atoms with Crippen molar-refractivity contribution in [1.29, 1.82) is 0 Å². The van der Waals surface area contributed by atoms with Crippen molar-refractivity contribution in [2.45, 2.75) is 13.3 Å². The van der Waals surface area contributed by atoms with E-state index < -0.39 is 0 Å². The first-order valence-corrected chi connectivity index (χ1v) is 7.27. The molecule has 102 valence electrons. The average molecular weight is 287 g/mol. The number of hydrogen-bond acceptors (Lipinski definition) is 4. The largest absolute Gasteiger partial charge is 0.373 e. The molecule has 0 fully saturated rings. The molecule has 0 aliphatic rings. The third-order valence-corrected chi connectivity index (χ3v) is 4.35. The molecule has 0 atom stereocenters. The van der Waals surface area contributed by atoms with Gasteiger partial charge in [0.05, 0.1) is 10.4 Å². The minimum atomic E-state index is -0.287. The third kappa shape index (κ3) is 2.25. The van der Waals surface area contributed by atoms with Gasteiger partial charge in [-0.3, -0.25) is 0 Å². The van der Waals surface area contributed by atoms with Crippen LogP contribution in [0.3, 0.4) is 0 Å². The van der Waals surface area contributed by atoms with Crippen LogP contribution in [-0.2, 0) is 6.42 Å². The van der Waals surface area contributed by atoms with E-state index >= 15 is 0 Å². The summed E-state index contributed by atoms with van der Waals surface area (Å²) in [6.07, 6.45) is 0.992. The van der Waals surface area contributed by atoms with E-state index in [1.54, 1.807) is 24.5 Å². The Morgan fingerprint density at radius 3 is 2.75 bits per heavy atom. The molecule has 5 heteroatoms. The van der Waals surface area contributed by atoms with E-state index in [4.69, 9.17) is 0 Å². The molecule has 1 aromatic carbocycles. The quantitative estimate of drug-likeness (QED) is 0.788. The summed E-state index contributed by atoms with van der Waals surface area (Å²) in [5, 5.41) is 3.88. The van der Waals surface area contributed by atoms with Crippen molar-refractivity contribution < 1.29 is 4.39 Å². The number of fused-ring (bicyclic) bond motifs is 1. The van der Waals surface area contributed by atoms with Gasteiger partial charge in [-0.25, -0.2) is 14.4 Å². The van der Waals surface area contributed by atoms with Crippen LogP contribution in [0, 0.1) is 5.82 Å². The zero-order chi connectivity index (χ0) is 14.1. The smallest absolute Gasteiger partial charge is 0.172 e. The van der Waals surface area contributed by atoms with Crippen LogP contribution in [-0.4, -0.2) is 17.0 Å². The molecule has 0 radical (unpaired) electrons. The van der Waals surface area contributed by atoms with E-state index in [1.165, 1.54) is 17.0 Å². The predicted molar refractivity (Wildman–Crippen MR) is 81.7 cm³/mol. The van der Waals surface area contributed by atoms with Gasteiger partial charge in [-0.2, -0.15) is 0 Å². The third-order valence-electron chi connectivity index (χ3n) is 3.13. The summed E-state index contributed by atoms with van der Waals surface area (Å²) in [5.41, 5.74) is 0.616. The van der Waals surface area contributed by atoms with E-state index in [1.807, 2.05) is 6.07 Å². The first-order valence-electron chi connectivity index (χ1n) is 6.45. The molecule has 3 rings (SSSR count). The number of halogens is 1. The highest BCUT2D eigenvalue weighted by Crippen LogP contribution is 2.29. The molecule has 20 heavy (non-hydrogen) atoms. The van der Waals surface area contributed by atoms with Gasteiger partial charge in [0.1, 0.15) is 11.6 Å². The van der Waals surface area contributed by atoms with E-state index in [2.05, 4.69) is 28.3 Å². The zero-order valence-corrected chi connectivity index (χ0v) is 12.1. The predicted octanol–water partition coefficient (Wildman–Crippen LogP) is 4.10. The van der Waals surface area contributed by atoms with Gasteiger partial charge in [0.15, 0.2) is 5.82 Å². The molecular weight excluding hydrogens is 273 g/mol. The lowest BCUT2D eigenvalue weighted by molar-refractivity contribution is 0.629. The van der Waals surface area contributed by atoms with Crippen LogP contribution in [0.2, 0.25) is 0 Å². The lowest BCUT2D eigenvalue weighted by atomic mass is 10.2. The number of aromatic nitrogens is 2. The number of aryl methyl sites for hydroxylation is 1. The number of benzene rings is 1. The van der Waals surface area contributed by atoms with Crippen LogP contribution >= 0.6 is 11.3 Å². The molecule has 0 aliphatic carbocycles. The highest BCUT2D eigenvalue weighted by molar-refractivity contribution is 7.15. The molecule has 0 spiro atoms. The Bertz CT molecular complexity index is 767. The van der Waals surface area contributed by atoms with Crippen LogP contribution in [0.1, 0.15) is 11.8 Å². The Labute approximate surface area is 120 Å². The van der Waals surface area contributed by atoms with Crippen molar-refractivity contribution in [3.8, 4) is 10.7 Å². The lowest BCUT2D eigenvalue weighted by Crippen LogP contribution is -1.98. The summed E-state index contributed by atoms with van der Waals surface area (Å²) in [5.74, 6) is 1.07. The number of hydrogen-bond donors (Lipinski definition) is 1. The number of anilines is 1. The minimum Gasteiger partial charge on any atom is -0.373 e. The fourth-order valence-electron chi connectivity index (χ4n) is 2.09. The van der Waals surface area contributed by atoms with Crippen molar-refractivity contribution in [2.75, 3.05) is 12.4 Å². The number of nitrogens with zero attached hydrogens (tertiary/aromatic N) is 2. The van der Waals surface area contributed by atoms with Crippen LogP contribution < -0.4 is 5.32 Å². The summed E-state index contributed by atoms with van der Waals surface area (Å²) in [7, 11) is 1.81. The second-order valence-corrected chi connectivity index (χ2v) is 5.60. The Morgan fingerprint density at radius 2 is 2.05 bits per heavy atom. The van der Waals surface area contributed by atoms with Crippen LogP contribution in [0.15, 0.2) is 30.3 Å². The summed E-state index contributed by atoms with van der Waals surface area (Å²) in [4.78, 5) is 11.3. The summed E-state index contributed by atoms with van der Waals surface area (Å²) in [6, 6.07) is 8.66. The van der Waals surface area contributed by atoms with Crippen LogP contribution in [0.25, 0.3) is 21.6 Å². The molecule has 0 saturated heterocycles. The normalized spacial score (nSPS) is 10.9. The van der Waals surface area contributed by atoms with E-state index in [0.717, 1.165) is 22.5 Å². The SMILES string of the molecule is CCc1ccc(-c2nc(NC)c3ccc(F)cc3n2)s1. The molecule has 0 unspecified atom stereocenters. The van der Waals surface area contributed by atoms with Crippen molar-refractivity contribution >= 4 is 28.1 Å². The maximum Gasteiger partial charge on any atom is 0.172 e. The van der Waals surface area contributed by atoms with Gasteiger partial charge in [0, 0.05) is 23.4 Å². The van der Waals surface area contributed by atoms with Gasteiger partial charge < -0.3 is 5.32 Å². The molecular formula is C15H14FN3S. The fourth-order valence-corrected chi connectivity index (χ4v) is 2.97. The highest BCUT2D eigenvalue weighted by Gasteiger charge is 2.11. The van der Waals surface area contributed by atoms with Crippen molar-refractivity contribution in [3.05, 3.63) is 41.0 Å². The first kappa shape index (κ1) is 13.0. The monoisotopic (exact) mass is 287 g/mol. The van der Waals surface area contributed by atoms with Crippen molar-refractivity contribution in [2.24, 2.45) is 0 Å². The standard InChI is InChI=1S/C15H14FN3S/c1-3-10-5-7-13(20-10)15-18-12-8-9(16)4-6-11(12)14(17-2)19-15/h4-8H,3H2,1-2H3,(H,17,18,19). The topological polar surface area (TPSA) is 37.8 Å². The summed E-state index contributed by atoms with van der Waals surface area (Å²) < 4.78 is 13.4. The molecule has 0 bridgehead atoms. The van der Waals surface area contributed by atoms with Gasteiger partial charge >= 0.3 is 0 Å². The van der Waals surface area contributed by atoms with Gasteiger partial charge in [-0.1, -0.05) is 6.92 Å². The van der Waals surface area contributed by atoms with Gasteiger partial charge in [-0.15, -0.1) is 11.3 Å². The Hall–Kier alpha value is -2.01. The maximum absolute atomic E-state index is 13.4. The highest BCUT2D eigenvalue weighted by atomic mass is 32.1. The van der Waals surface area contributed by atoms with Gasteiger partial charge in [0.25, 0.3) is 0 Å². The molecule has 0 amide bonds. The maximum atomic E-state index is 13.4. The first-order chi connectivity index (χ1) is 9.71. The Morgan fingerprint density at radius 1 is 1.20 bits per heavy atom. The molecule has 2 aromatic heterocycles. The van der Waals surface area contributed by atoms with E-state index in [0.29, 0.717) is 11.3 Å². The summed E-state index contributed by atoms with van der Waals surface area (Å²) in [6.45, 7) is 2.12. The zero-order valence-electron chi connectivity index (χ0n) is 11.3. The Kier molecular flexibility index (Phi) is 3.36. The van der Waals surface area contributed by atoms with Gasteiger partial charge in [-0.05, 0) is 30.7 Å². The van der Waals surface area contributed by atoms with Crippen molar-refractivity contribution in [1.82, 2.24) is 9.97 Å². The molecule has 2 heterocycles. The second-order valence-electron chi connectivity index (χ2n) is 4.43. The molecule has 3 aromatic rings. The fraction of sp³-hybridized carbons (Fsp3) is 0.200. The second kappa shape index (κ2) is 5.17. The number of rotatable bonds is 3.